The van der Waals surface area contributed by atoms with E-state index in [4.69, 9.17) is 39.1 Å². The van der Waals surface area contributed by atoms with Crippen LogP contribution in [0.4, 0.5) is 24.0 Å². The lowest BCUT2D eigenvalue weighted by atomic mass is 9.84. The van der Waals surface area contributed by atoms with Gasteiger partial charge in [0.15, 0.2) is 11.8 Å². The molecule has 3 heterocycles. The predicted octanol–water partition coefficient (Wildman–Crippen LogP) is 5.88. The first-order chi connectivity index (χ1) is 27.1. The second-order valence-corrected chi connectivity index (χ2v) is 16.9. The number of hydrogen-bond donors (Lipinski definition) is 2. The fraction of sp³-hybridized carbons (Fsp3) is 0.525. The van der Waals surface area contributed by atoms with Crippen LogP contribution in [0.1, 0.15) is 79.9 Å². The molecule has 314 valence electrons. The van der Waals surface area contributed by atoms with E-state index in [9.17, 15) is 24.0 Å². The van der Waals surface area contributed by atoms with Crippen LogP contribution in [-0.4, -0.2) is 111 Å². The number of nitrogens with zero attached hydrogens (tertiary/aromatic N) is 5. The Morgan fingerprint density at radius 1 is 0.862 bits per heavy atom. The van der Waals surface area contributed by atoms with E-state index in [0.29, 0.717) is 5.56 Å². The Bertz CT molecular complexity index is 1900. The van der Waals surface area contributed by atoms with Gasteiger partial charge in [0.1, 0.15) is 35.5 Å². The summed E-state index contributed by atoms with van der Waals surface area (Å²) in [7, 11) is 0. The molecular formula is C40H53N7O11. The average Bonchev–Trinajstić information content (AvgIpc) is 3.53. The number of guanidine groups is 2. The van der Waals surface area contributed by atoms with Crippen LogP contribution in [0.5, 0.6) is 0 Å². The highest BCUT2D eigenvalue weighted by Crippen LogP contribution is 2.50. The number of alkyl carbamates (subject to hydrolysis) is 1. The fourth-order valence-corrected chi connectivity index (χ4v) is 6.90. The van der Waals surface area contributed by atoms with Crippen molar-refractivity contribution in [3.8, 4) is 0 Å². The molecule has 4 atom stereocenters. The van der Waals surface area contributed by atoms with Crippen molar-refractivity contribution in [1.82, 2.24) is 20.0 Å². The van der Waals surface area contributed by atoms with Gasteiger partial charge in [0, 0.05) is 13.0 Å². The number of nitrogens with two attached hydrogens (primary N) is 1. The summed E-state index contributed by atoms with van der Waals surface area (Å²) >= 11 is 0. The molecule has 2 aromatic carbocycles. The summed E-state index contributed by atoms with van der Waals surface area (Å²) in [6, 6.07) is 16.0. The molecule has 3 aliphatic rings. The lowest BCUT2D eigenvalue weighted by Crippen LogP contribution is -2.75. The maximum atomic E-state index is 14.9. The number of nitrogens with one attached hydrogen (secondary N) is 1. The summed E-state index contributed by atoms with van der Waals surface area (Å²) < 4.78 is 34.8. The first-order valence-corrected chi connectivity index (χ1v) is 18.9. The van der Waals surface area contributed by atoms with Gasteiger partial charge in [0.25, 0.3) is 0 Å². The Hall–Kier alpha value is -5.91. The Kier molecular flexibility index (Phi) is 12.6. The minimum Gasteiger partial charge on any atom is -0.447 e. The lowest BCUT2D eigenvalue weighted by Gasteiger charge is -2.48. The molecule has 2 fully saturated rings. The van der Waals surface area contributed by atoms with E-state index in [1.54, 1.807) is 79.3 Å². The molecule has 0 aromatic heterocycles. The van der Waals surface area contributed by atoms with Gasteiger partial charge in [0.05, 0.1) is 13.2 Å². The van der Waals surface area contributed by atoms with Gasteiger partial charge in [-0.15, -0.1) is 4.99 Å². The van der Waals surface area contributed by atoms with Gasteiger partial charge in [-0.3, -0.25) is 5.32 Å². The molecule has 2 aromatic rings. The minimum atomic E-state index is -2.07. The number of carbonyl (C=O) groups excluding carboxylic acids is 5. The third kappa shape index (κ3) is 10.1. The molecule has 0 radical (unpaired) electrons. The van der Waals surface area contributed by atoms with E-state index >= 15 is 0 Å². The van der Waals surface area contributed by atoms with Gasteiger partial charge in [-0.2, -0.15) is 0 Å². The highest BCUT2D eigenvalue weighted by molar-refractivity contribution is 6.08. The number of benzene rings is 2. The number of carbonyl (C=O) groups is 5. The van der Waals surface area contributed by atoms with Gasteiger partial charge in [-0.05, 0) is 73.4 Å². The van der Waals surface area contributed by atoms with Crippen LogP contribution >= 0.6 is 0 Å². The molecule has 2 saturated heterocycles. The van der Waals surface area contributed by atoms with Gasteiger partial charge < -0.3 is 39.1 Å². The molecule has 3 aliphatic heterocycles. The van der Waals surface area contributed by atoms with Gasteiger partial charge in [0.2, 0.25) is 11.9 Å². The van der Waals surface area contributed by atoms with Gasteiger partial charge >= 0.3 is 30.5 Å². The molecule has 0 aliphatic carbocycles. The quantitative estimate of drug-likeness (QED) is 0.225. The zero-order chi connectivity index (χ0) is 42.6. The third-order valence-corrected chi connectivity index (χ3v) is 8.71. The highest BCUT2D eigenvalue weighted by Gasteiger charge is 2.76. The topological polar surface area (TPSA) is 213 Å². The normalized spacial score (nSPS) is 22.4. The monoisotopic (exact) mass is 807 g/mol. The zero-order valence-corrected chi connectivity index (χ0v) is 34.3. The van der Waals surface area contributed by atoms with Gasteiger partial charge in [-0.25, -0.2) is 38.8 Å². The summed E-state index contributed by atoms with van der Waals surface area (Å²) in [6.45, 7) is 14.5. The first-order valence-electron chi connectivity index (χ1n) is 18.9. The van der Waals surface area contributed by atoms with Crippen LogP contribution in [0.3, 0.4) is 0 Å². The molecule has 58 heavy (non-hydrogen) atoms. The first kappa shape index (κ1) is 43.2. The lowest BCUT2D eigenvalue weighted by molar-refractivity contribution is -0.0495. The maximum Gasteiger partial charge on any atom is 0.437 e. The summed E-state index contributed by atoms with van der Waals surface area (Å²) in [5.41, 5.74) is 1.89. The molecule has 1 spiro atoms. The summed E-state index contributed by atoms with van der Waals surface area (Å²) in [4.78, 5) is 81.6. The van der Waals surface area contributed by atoms with Crippen LogP contribution in [0.25, 0.3) is 0 Å². The number of ether oxygens (including phenoxy) is 6. The van der Waals surface area contributed by atoms with Crippen LogP contribution in [0.2, 0.25) is 0 Å². The second kappa shape index (κ2) is 16.9. The van der Waals surface area contributed by atoms with Crippen molar-refractivity contribution < 1.29 is 52.4 Å². The third-order valence-electron chi connectivity index (χ3n) is 8.71. The van der Waals surface area contributed by atoms with E-state index in [0.717, 1.165) is 15.4 Å². The Labute approximate surface area is 337 Å². The molecule has 3 N–H and O–H groups in total. The van der Waals surface area contributed by atoms with E-state index in [1.807, 2.05) is 48.5 Å². The summed E-state index contributed by atoms with van der Waals surface area (Å²) in [6.07, 6.45) is -6.59. The van der Waals surface area contributed by atoms with Crippen LogP contribution < -0.4 is 11.1 Å². The predicted molar refractivity (Wildman–Crippen MR) is 209 cm³/mol. The standard InChI is InChI=1S/C40H53N7O11/c1-37(2,3)56-33(49)43-31-42-27(24-54-30(41)48)29-40(28(55-35(51)46(31)40)20-21-53-23-26-18-14-11-15-19-26)47(36(52)58-39(7,8)9)32(44-34(50)57-38(4,5)6)45(29)22-25-16-12-10-13-17-25/h10-19,27-29H,20-24H2,1-9H3,(H2,41,48)(H,42,43,49)/b44-32+/t27-,28+,29-,40-/m0/s1. The largest absolute Gasteiger partial charge is 0.447 e. The molecular weight excluding hydrogens is 754 g/mol. The maximum absolute atomic E-state index is 14.9. The SMILES string of the molecule is CC(C)(C)OC(=O)/N=C1\N(Cc2ccccc2)[C@H]2[C@H](COC(N)=O)N=C(NC(=O)OC(C)(C)C)N3C(=O)O[C@H](CCOCc4ccccc4)[C@]23N1C(=O)OC(C)(C)C. The molecule has 0 bridgehead atoms. The van der Waals surface area contributed by atoms with Crippen molar-refractivity contribution >= 4 is 42.4 Å². The van der Waals surface area contributed by atoms with E-state index in [-0.39, 0.29) is 32.1 Å². The van der Waals surface area contributed by atoms with Crippen molar-refractivity contribution in [2.24, 2.45) is 15.7 Å². The van der Waals surface area contributed by atoms with Crippen molar-refractivity contribution in [1.29, 1.82) is 0 Å². The fourth-order valence-electron chi connectivity index (χ4n) is 6.90. The van der Waals surface area contributed by atoms with Crippen molar-refractivity contribution in [2.45, 2.75) is 123 Å². The summed E-state index contributed by atoms with van der Waals surface area (Å²) in [5, 5.41) is 2.55. The van der Waals surface area contributed by atoms with Crippen molar-refractivity contribution in [3.63, 3.8) is 0 Å². The van der Waals surface area contributed by atoms with E-state index < -0.39 is 83.7 Å². The number of aliphatic imine (C=N–C) groups is 2. The number of cyclic esters (lactones) is 1. The van der Waals surface area contributed by atoms with Crippen LogP contribution in [0, 0.1) is 0 Å². The molecule has 0 saturated carbocycles. The second-order valence-electron chi connectivity index (χ2n) is 16.9. The number of hydrogen-bond acceptors (Lipinski definition) is 12. The highest BCUT2D eigenvalue weighted by atomic mass is 16.6. The average molecular weight is 808 g/mol. The van der Waals surface area contributed by atoms with Crippen LogP contribution in [-0.2, 0) is 41.6 Å². The molecule has 5 rings (SSSR count). The Balaban J connectivity index is 1.79. The van der Waals surface area contributed by atoms with E-state index in [1.165, 1.54) is 0 Å². The van der Waals surface area contributed by atoms with Crippen molar-refractivity contribution in [3.05, 3.63) is 71.8 Å². The number of amides is 5. The smallest absolute Gasteiger partial charge is 0.437 e. The molecule has 5 amide bonds. The molecule has 18 nitrogen and oxygen atoms in total. The molecule has 0 unspecified atom stereocenters. The van der Waals surface area contributed by atoms with E-state index in [2.05, 4.69) is 10.3 Å². The van der Waals surface area contributed by atoms with Gasteiger partial charge in [-0.1, -0.05) is 60.7 Å². The Morgan fingerprint density at radius 2 is 1.45 bits per heavy atom. The zero-order valence-electron chi connectivity index (χ0n) is 34.3. The number of rotatable bonds is 9. The molecule has 18 heteroatoms. The summed E-state index contributed by atoms with van der Waals surface area (Å²) in [5.74, 6) is -0.707. The number of primary amides is 1. The van der Waals surface area contributed by atoms with Crippen molar-refractivity contribution in [2.75, 3.05) is 13.2 Å². The Morgan fingerprint density at radius 3 is 2.02 bits per heavy atom. The minimum absolute atomic E-state index is 0.00294. The van der Waals surface area contributed by atoms with Crippen LogP contribution in [0.15, 0.2) is 70.6 Å².